The Labute approximate surface area is 130 Å². The molecule has 2 aromatic rings. The molecule has 0 aliphatic heterocycles. The molecule has 2 heterocycles. The number of nitrogens with zero attached hydrogens (tertiary/aromatic N) is 2. The molecule has 0 saturated carbocycles. The molecule has 1 N–H and O–H groups in total. The fourth-order valence-corrected chi connectivity index (χ4v) is 1.76. The predicted molar refractivity (Wildman–Crippen MR) is 75.9 cm³/mol. The molecule has 2 rings (SSSR count). The van der Waals surface area contributed by atoms with Crippen molar-refractivity contribution < 1.29 is 22.7 Å². The Morgan fingerprint density at radius 3 is 2.52 bits per heavy atom. The highest BCUT2D eigenvalue weighted by molar-refractivity contribution is 5.94. The van der Waals surface area contributed by atoms with Crippen LogP contribution in [0.1, 0.15) is 28.9 Å². The van der Waals surface area contributed by atoms with Gasteiger partial charge in [-0.3, -0.25) is 9.78 Å². The molecule has 5 nitrogen and oxygen atoms in total. The number of carbonyl (C=O) groups is 1. The molecule has 0 fully saturated rings. The van der Waals surface area contributed by atoms with E-state index in [0.717, 1.165) is 0 Å². The number of halogens is 3. The van der Waals surface area contributed by atoms with Gasteiger partial charge >= 0.3 is 6.18 Å². The van der Waals surface area contributed by atoms with Gasteiger partial charge in [-0.2, -0.15) is 13.2 Å². The summed E-state index contributed by atoms with van der Waals surface area (Å²) < 4.78 is 40.7. The first kappa shape index (κ1) is 16.7. The average Bonchev–Trinajstić information content (AvgIpc) is 2.53. The van der Waals surface area contributed by atoms with Crippen molar-refractivity contribution in [2.75, 3.05) is 6.61 Å². The molecule has 0 radical (unpaired) electrons. The molecule has 0 bridgehead atoms. The number of aromatic nitrogens is 2. The van der Waals surface area contributed by atoms with Crippen molar-refractivity contribution in [1.29, 1.82) is 0 Å². The van der Waals surface area contributed by atoms with E-state index in [1.165, 1.54) is 24.7 Å². The van der Waals surface area contributed by atoms with Gasteiger partial charge < -0.3 is 10.1 Å². The van der Waals surface area contributed by atoms with Crippen LogP contribution in [0.2, 0.25) is 0 Å². The molecular weight excluding hydrogens is 311 g/mol. The normalized spacial score (nSPS) is 12.5. The molecule has 1 atom stereocenters. The number of carbonyl (C=O) groups excluding carboxylic acids is 1. The van der Waals surface area contributed by atoms with Gasteiger partial charge in [-0.1, -0.05) is 6.07 Å². The highest BCUT2D eigenvalue weighted by atomic mass is 19.4. The van der Waals surface area contributed by atoms with Crippen molar-refractivity contribution in [2.45, 2.75) is 19.1 Å². The number of hydrogen-bond acceptors (Lipinski definition) is 4. The first-order valence-electron chi connectivity index (χ1n) is 6.71. The summed E-state index contributed by atoms with van der Waals surface area (Å²) in [7, 11) is 0. The Kier molecular flexibility index (Phi) is 5.15. The highest BCUT2D eigenvalue weighted by Crippen LogP contribution is 2.19. The van der Waals surface area contributed by atoms with E-state index in [0.29, 0.717) is 11.1 Å². The largest absolute Gasteiger partial charge is 0.468 e. The summed E-state index contributed by atoms with van der Waals surface area (Å²) in [6.07, 6.45) is -0.0306. The highest BCUT2D eigenvalue weighted by Gasteiger charge is 2.28. The van der Waals surface area contributed by atoms with Crippen LogP contribution in [0.3, 0.4) is 0 Å². The van der Waals surface area contributed by atoms with Gasteiger partial charge in [0.2, 0.25) is 5.88 Å². The summed E-state index contributed by atoms with van der Waals surface area (Å²) in [6, 6.07) is 5.68. The van der Waals surface area contributed by atoms with Crippen LogP contribution in [-0.2, 0) is 0 Å². The minimum atomic E-state index is -4.41. The van der Waals surface area contributed by atoms with E-state index in [9.17, 15) is 18.0 Å². The number of hydrogen-bond donors (Lipinski definition) is 1. The van der Waals surface area contributed by atoms with Crippen LogP contribution in [-0.4, -0.2) is 28.7 Å². The number of alkyl halides is 3. The van der Waals surface area contributed by atoms with Gasteiger partial charge in [0, 0.05) is 30.2 Å². The maximum atomic E-state index is 12.0. The first-order chi connectivity index (χ1) is 10.8. The summed E-state index contributed by atoms with van der Waals surface area (Å²) in [4.78, 5) is 19.6. The maximum absolute atomic E-state index is 12.0. The topological polar surface area (TPSA) is 64.1 Å². The van der Waals surface area contributed by atoms with Gasteiger partial charge in [-0.05, 0) is 24.6 Å². The number of nitrogens with one attached hydrogen (secondary N) is 1. The molecule has 122 valence electrons. The molecule has 0 aromatic carbocycles. The third kappa shape index (κ3) is 5.24. The van der Waals surface area contributed by atoms with Crippen LogP contribution in [0.25, 0.3) is 0 Å². The molecule has 2 aromatic heterocycles. The Hall–Kier alpha value is -2.64. The zero-order chi connectivity index (χ0) is 16.9. The predicted octanol–water partition coefficient (Wildman–Crippen LogP) is 2.91. The quantitative estimate of drug-likeness (QED) is 0.918. The van der Waals surface area contributed by atoms with E-state index >= 15 is 0 Å². The van der Waals surface area contributed by atoms with Crippen LogP contribution >= 0.6 is 0 Å². The van der Waals surface area contributed by atoms with Crippen molar-refractivity contribution in [1.82, 2.24) is 15.3 Å². The minimum absolute atomic E-state index is 0.126. The standard InChI is InChI=1S/C15H14F3N3O2/c1-10(21-14(22)11-4-6-19-7-5-11)12-2-3-13(20-8-12)23-9-15(16,17)18/h2-8,10H,9H2,1H3,(H,21,22). The molecule has 0 aliphatic rings. The van der Waals surface area contributed by atoms with Crippen LogP contribution in [0.4, 0.5) is 13.2 Å². The van der Waals surface area contributed by atoms with E-state index in [2.05, 4.69) is 20.0 Å². The lowest BCUT2D eigenvalue weighted by atomic mass is 10.1. The van der Waals surface area contributed by atoms with Gasteiger partial charge in [-0.25, -0.2) is 4.98 Å². The summed E-state index contributed by atoms with van der Waals surface area (Å²) >= 11 is 0. The minimum Gasteiger partial charge on any atom is -0.468 e. The molecule has 23 heavy (non-hydrogen) atoms. The van der Waals surface area contributed by atoms with E-state index < -0.39 is 12.8 Å². The van der Waals surface area contributed by atoms with Crippen LogP contribution < -0.4 is 10.1 Å². The summed E-state index contributed by atoms with van der Waals surface area (Å²) in [5.74, 6) is -0.406. The van der Waals surface area contributed by atoms with Gasteiger partial charge in [0.15, 0.2) is 6.61 Å². The number of amides is 1. The fraction of sp³-hybridized carbons (Fsp3) is 0.267. The third-order valence-electron chi connectivity index (χ3n) is 2.93. The van der Waals surface area contributed by atoms with Crippen LogP contribution in [0, 0.1) is 0 Å². The lowest BCUT2D eigenvalue weighted by molar-refractivity contribution is -0.154. The lowest BCUT2D eigenvalue weighted by Crippen LogP contribution is -2.26. The Morgan fingerprint density at radius 1 is 1.26 bits per heavy atom. The second-order valence-electron chi connectivity index (χ2n) is 4.76. The van der Waals surface area contributed by atoms with E-state index in [-0.39, 0.29) is 17.8 Å². The second-order valence-corrected chi connectivity index (χ2v) is 4.76. The fourth-order valence-electron chi connectivity index (χ4n) is 1.76. The summed E-state index contributed by atoms with van der Waals surface area (Å²) in [5.41, 5.74) is 1.11. The van der Waals surface area contributed by atoms with E-state index in [4.69, 9.17) is 0 Å². The van der Waals surface area contributed by atoms with Crippen molar-refractivity contribution in [2.24, 2.45) is 0 Å². The molecule has 0 spiro atoms. The summed E-state index contributed by atoms with van der Waals surface area (Å²) in [5, 5.41) is 2.76. The van der Waals surface area contributed by atoms with Gasteiger partial charge in [0.1, 0.15) is 0 Å². The smallest absolute Gasteiger partial charge is 0.422 e. The SMILES string of the molecule is CC(NC(=O)c1ccncc1)c1ccc(OCC(F)(F)F)nc1. The first-order valence-corrected chi connectivity index (χ1v) is 6.71. The van der Waals surface area contributed by atoms with Crippen molar-refractivity contribution in [3.05, 3.63) is 54.0 Å². The number of ether oxygens (including phenoxy) is 1. The zero-order valence-electron chi connectivity index (χ0n) is 12.2. The Morgan fingerprint density at radius 2 is 1.96 bits per heavy atom. The molecule has 1 unspecified atom stereocenters. The zero-order valence-corrected chi connectivity index (χ0v) is 12.2. The van der Waals surface area contributed by atoms with Crippen molar-refractivity contribution in [3.63, 3.8) is 0 Å². The average molecular weight is 325 g/mol. The van der Waals surface area contributed by atoms with Crippen LogP contribution in [0.5, 0.6) is 5.88 Å². The lowest BCUT2D eigenvalue weighted by Gasteiger charge is -2.14. The van der Waals surface area contributed by atoms with E-state index in [1.807, 2.05) is 0 Å². The van der Waals surface area contributed by atoms with Gasteiger partial charge in [-0.15, -0.1) is 0 Å². The van der Waals surface area contributed by atoms with Gasteiger partial charge in [0.25, 0.3) is 5.91 Å². The van der Waals surface area contributed by atoms with Crippen molar-refractivity contribution >= 4 is 5.91 Å². The maximum Gasteiger partial charge on any atom is 0.422 e. The molecule has 0 saturated heterocycles. The monoisotopic (exact) mass is 325 g/mol. The van der Waals surface area contributed by atoms with Gasteiger partial charge in [0.05, 0.1) is 6.04 Å². The summed E-state index contributed by atoms with van der Waals surface area (Å²) in [6.45, 7) is 0.347. The van der Waals surface area contributed by atoms with E-state index in [1.54, 1.807) is 25.1 Å². The molecular formula is C15H14F3N3O2. The van der Waals surface area contributed by atoms with Crippen molar-refractivity contribution in [3.8, 4) is 5.88 Å². The molecule has 0 aliphatic carbocycles. The Bertz CT molecular complexity index is 645. The third-order valence-corrected chi connectivity index (χ3v) is 2.93. The number of pyridine rings is 2. The molecule has 1 amide bonds. The van der Waals surface area contributed by atoms with Crippen LogP contribution in [0.15, 0.2) is 42.9 Å². The molecule has 8 heteroatoms. The Balaban J connectivity index is 1.95. The second kappa shape index (κ2) is 7.08. The number of rotatable bonds is 5.